The van der Waals surface area contributed by atoms with Crippen molar-refractivity contribution in [2.24, 2.45) is 0 Å². The highest BCUT2D eigenvalue weighted by Crippen LogP contribution is 2.30. The van der Waals surface area contributed by atoms with Crippen LogP contribution in [0, 0.1) is 13.8 Å². The van der Waals surface area contributed by atoms with Crippen LogP contribution in [0.15, 0.2) is 34.9 Å². The van der Waals surface area contributed by atoms with Gasteiger partial charge in [0, 0.05) is 0 Å². The molecule has 2 aromatic rings. The van der Waals surface area contributed by atoms with Gasteiger partial charge in [0.15, 0.2) is 0 Å². The molecule has 0 spiro atoms. The van der Waals surface area contributed by atoms with Crippen molar-refractivity contribution in [3.8, 4) is 5.75 Å². The fraction of sp³-hybridized carbons (Fsp3) is 0.286. The average molecular weight is 232 g/mol. The average Bonchev–Trinajstić information content (AvgIpc) is 2.81. The molecule has 0 saturated carbocycles. The molecule has 1 aromatic carbocycles. The van der Waals surface area contributed by atoms with Gasteiger partial charge in [-0.2, -0.15) is 0 Å². The summed E-state index contributed by atoms with van der Waals surface area (Å²) in [6.07, 6.45) is 0.829. The lowest BCUT2D eigenvalue weighted by molar-refractivity contribution is 0.189. The SMILES string of the molecule is COc1c(C)cc(C(O)c2ccco2)cc1C. The summed E-state index contributed by atoms with van der Waals surface area (Å²) >= 11 is 0. The highest BCUT2D eigenvalue weighted by molar-refractivity contribution is 5.44. The molecule has 0 aliphatic heterocycles. The molecule has 2 rings (SSSR count). The quantitative estimate of drug-likeness (QED) is 0.884. The molecular weight excluding hydrogens is 216 g/mol. The van der Waals surface area contributed by atoms with E-state index >= 15 is 0 Å². The Labute approximate surface area is 101 Å². The van der Waals surface area contributed by atoms with Crippen LogP contribution >= 0.6 is 0 Å². The van der Waals surface area contributed by atoms with E-state index in [1.165, 1.54) is 0 Å². The van der Waals surface area contributed by atoms with Crippen LogP contribution in [-0.4, -0.2) is 12.2 Å². The number of rotatable bonds is 3. The second kappa shape index (κ2) is 4.63. The molecule has 1 aromatic heterocycles. The van der Waals surface area contributed by atoms with Gasteiger partial charge in [-0.25, -0.2) is 0 Å². The Morgan fingerprint density at radius 3 is 2.35 bits per heavy atom. The molecule has 1 heterocycles. The predicted molar refractivity (Wildman–Crippen MR) is 65.2 cm³/mol. The highest BCUT2D eigenvalue weighted by Gasteiger charge is 2.15. The van der Waals surface area contributed by atoms with E-state index in [9.17, 15) is 5.11 Å². The molecule has 0 aliphatic rings. The van der Waals surface area contributed by atoms with Gasteiger partial charge < -0.3 is 14.3 Å². The van der Waals surface area contributed by atoms with Crippen molar-refractivity contribution in [2.75, 3.05) is 7.11 Å². The molecule has 3 nitrogen and oxygen atoms in total. The first-order valence-corrected chi connectivity index (χ1v) is 5.50. The number of furan rings is 1. The zero-order valence-electron chi connectivity index (χ0n) is 10.2. The lowest BCUT2D eigenvalue weighted by Gasteiger charge is -2.14. The first kappa shape index (κ1) is 11.7. The number of benzene rings is 1. The zero-order chi connectivity index (χ0) is 12.4. The Morgan fingerprint density at radius 1 is 1.24 bits per heavy atom. The summed E-state index contributed by atoms with van der Waals surface area (Å²) in [6, 6.07) is 7.36. The molecular formula is C14H16O3. The van der Waals surface area contributed by atoms with Crippen molar-refractivity contribution in [2.45, 2.75) is 20.0 Å². The Hall–Kier alpha value is -1.74. The van der Waals surface area contributed by atoms with Crippen molar-refractivity contribution in [3.63, 3.8) is 0 Å². The number of ether oxygens (including phenoxy) is 1. The van der Waals surface area contributed by atoms with Crippen LogP contribution in [0.25, 0.3) is 0 Å². The maximum Gasteiger partial charge on any atom is 0.137 e. The maximum atomic E-state index is 10.2. The fourth-order valence-corrected chi connectivity index (χ4v) is 2.07. The van der Waals surface area contributed by atoms with Crippen molar-refractivity contribution in [3.05, 3.63) is 53.0 Å². The van der Waals surface area contributed by atoms with Gasteiger partial charge in [-0.15, -0.1) is 0 Å². The number of hydrogen-bond acceptors (Lipinski definition) is 3. The van der Waals surface area contributed by atoms with E-state index in [1.807, 2.05) is 26.0 Å². The Bertz CT molecular complexity index is 477. The lowest BCUT2D eigenvalue weighted by atomic mass is 10.0. The minimum atomic E-state index is -0.728. The largest absolute Gasteiger partial charge is 0.496 e. The number of aliphatic hydroxyl groups is 1. The molecule has 1 atom stereocenters. The molecule has 1 unspecified atom stereocenters. The van der Waals surface area contributed by atoms with Gasteiger partial charge in [-0.3, -0.25) is 0 Å². The van der Waals surface area contributed by atoms with E-state index in [0.29, 0.717) is 5.76 Å². The standard InChI is InChI=1S/C14H16O3/c1-9-7-11(8-10(2)14(9)16-3)13(15)12-5-4-6-17-12/h4-8,13,15H,1-3H3. The van der Waals surface area contributed by atoms with Crippen molar-refractivity contribution < 1.29 is 14.3 Å². The minimum absolute atomic E-state index is 0.550. The molecule has 0 bridgehead atoms. The van der Waals surface area contributed by atoms with Crippen LogP contribution in [0.3, 0.4) is 0 Å². The predicted octanol–water partition coefficient (Wildman–Crippen LogP) is 2.99. The molecule has 90 valence electrons. The van der Waals surface area contributed by atoms with E-state index in [1.54, 1.807) is 25.5 Å². The van der Waals surface area contributed by atoms with Gasteiger partial charge in [0.25, 0.3) is 0 Å². The van der Waals surface area contributed by atoms with Gasteiger partial charge in [0.05, 0.1) is 13.4 Å². The van der Waals surface area contributed by atoms with Crippen LogP contribution in [0.5, 0.6) is 5.75 Å². The number of aryl methyl sites for hydroxylation is 2. The van der Waals surface area contributed by atoms with Crippen molar-refractivity contribution >= 4 is 0 Å². The van der Waals surface area contributed by atoms with Gasteiger partial charge in [-0.1, -0.05) is 0 Å². The molecule has 0 amide bonds. The van der Waals surface area contributed by atoms with E-state index in [2.05, 4.69) is 0 Å². The van der Waals surface area contributed by atoms with Crippen LogP contribution in [0.1, 0.15) is 28.6 Å². The van der Waals surface area contributed by atoms with E-state index < -0.39 is 6.10 Å². The van der Waals surface area contributed by atoms with Crippen molar-refractivity contribution in [1.29, 1.82) is 0 Å². The molecule has 0 fully saturated rings. The maximum absolute atomic E-state index is 10.2. The van der Waals surface area contributed by atoms with Gasteiger partial charge >= 0.3 is 0 Å². The summed E-state index contributed by atoms with van der Waals surface area (Å²) in [4.78, 5) is 0. The van der Waals surface area contributed by atoms with Gasteiger partial charge in [-0.05, 0) is 54.8 Å². The first-order valence-electron chi connectivity index (χ1n) is 5.50. The summed E-state index contributed by atoms with van der Waals surface area (Å²) in [5.74, 6) is 1.41. The summed E-state index contributed by atoms with van der Waals surface area (Å²) in [5.41, 5.74) is 2.83. The molecule has 0 radical (unpaired) electrons. The Balaban J connectivity index is 2.40. The topological polar surface area (TPSA) is 42.6 Å². The van der Waals surface area contributed by atoms with E-state index in [0.717, 1.165) is 22.4 Å². The Morgan fingerprint density at radius 2 is 1.88 bits per heavy atom. The molecule has 0 saturated heterocycles. The molecule has 0 aliphatic carbocycles. The minimum Gasteiger partial charge on any atom is -0.496 e. The van der Waals surface area contributed by atoms with Crippen LogP contribution in [-0.2, 0) is 0 Å². The first-order chi connectivity index (χ1) is 8.13. The van der Waals surface area contributed by atoms with Gasteiger partial charge in [0.2, 0.25) is 0 Å². The third-order valence-corrected chi connectivity index (χ3v) is 2.82. The van der Waals surface area contributed by atoms with Crippen LogP contribution < -0.4 is 4.74 Å². The Kier molecular flexibility index (Phi) is 3.20. The second-order valence-electron chi connectivity index (χ2n) is 4.11. The normalized spacial score (nSPS) is 12.5. The third kappa shape index (κ3) is 2.19. The van der Waals surface area contributed by atoms with Gasteiger partial charge in [0.1, 0.15) is 17.6 Å². The third-order valence-electron chi connectivity index (χ3n) is 2.82. The zero-order valence-corrected chi connectivity index (χ0v) is 10.2. The number of aliphatic hydroxyl groups excluding tert-OH is 1. The number of methoxy groups -OCH3 is 1. The number of hydrogen-bond donors (Lipinski definition) is 1. The van der Waals surface area contributed by atoms with Crippen LogP contribution in [0.4, 0.5) is 0 Å². The van der Waals surface area contributed by atoms with Crippen molar-refractivity contribution in [1.82, 2.24) is 0 Å². The fourth-order valence-electron chi connectivity index (χ4n) is 2.07. The smallest absolute Gasteiger partial charge is 0.137 e. The summed E-state index contributed by atoms with van der Waals surface area (Å²) in [5, 5.41) is 10.2. The summed E-state index contributed by atoms with van der Waals surface area (Å²) in [7, 11) is 1.65. The molecule has 1 N–H and O–H groups in total. The summed E-state index contributed by atoms with van der Waals surface area (Å²) < 4.78 is 10.5. The molecule has 17 heavy (non-hydrogen) atoms. The second-order valence-corrected chi connectivity index (χ2v) is 4.11. The van der Waals surface area contributed by atoms with Crippen LogP contribution in [0.2, 0.25) is 0 Å². The van der Waals surface area contributed by atoms with E-state index in [4.69, 9.17) is 9.15 Å². The lowest BCUT2D eigenvalue weighted by Crippen LogP contribution is -2.01. The monoisotopic (exact) mass is 232 g/mol. The summed E-state index contributed by atoms with van der Waals surface area (Å²) in [6.45, 7) is 3.92. The highest BCUT2D eigenvalue weighted by atomic mass is 16.5. The van der Waals surface area contributed by atoms with E-state index in [-0.39, 0.29) is 0 Å². The molecule has 3 heteroatoms.